The highest BCUT2D eigenvalue weighted by Gasteiger charge is 2.46. The van der Waals surface area contributed by atoms with E-state index in [2.05, 4.69) is 25.9 Å². The maximum Gasteiger partial charge on any atom is 0.295 e. The fourth-order valence-electron chi connectivity index (χ4n) is 4.80. The third kappa shape index (κ3) is 5.23. The van der Waals surface area contributed by atoms with Gasteiger partial charge in [-0.2, -0.15) is 5.10 Å². The van der Waals surface area contributed by atoms with E-state index in [1.165, 1.54) is 0 Å². The van der Waals surface area contributed by atoms with Gasteiger partial charge in [0.05, 0.1) is 34.8 Å². The topological polar surface area (TPSA) is 78.7 Å². The van der Waals surface area contributed by atoms with Crippen LogP contribution < -0.4 is 0 Å². The molecule has 1 atom stereocenters. The minimum atomic E-state index is -0.671. The molecule has 7 nitrogen and oxygen atoms in total. The number of likely N-dealkylation sites (tertiary alicyclic amines) is 1. The molecular formula is C30H36N4O3. The van der Waals surface area contributed by atoms with Crippen LogP contribution in [0.2, 0.25) is 0 Å². The summed E-state index contributed by atoms with van der Waals surface area (Å²) in [5.74, 6) is -1.45. The molecule has 37 heavy (non-hydrogen) atoms. The van der Waals surface area contributed by atoms with Crippen molar-refractivity contribution in [3.63, 3.8) is 0 Å². The number of aliphatic hydroxyl groups is 1. The Balaban J connectivity index is 1.81. The van der Waals surface area contributed by atoms with Crippen LogP contribution in [0.3, 0.4) is 0 Å². The molecule has 0 unspecified atom stereocenters. The minimum Gasteiger partial charge on any atom is -0.507 e. The number of hydrogen-bond donors (Lipinski definition) is 1. The van der Waals surface area contributed by atoms with E-state index in [-0.39, 0.29) is 16.7 Å². The molecule has 0 saturated carbocycles. The first-order chi connectivity index (χ1) is 17.5. The fraction of sp³-hybridized carbons (Fsp3) is 0.367. The van der Waals surface area contributed by atoms with Crippen LogP contribution >= 0.6 is 0 Å². The van der Waals surface area contributed by atoms with E-state index in [9.17, 15) is 14.7 Å². The number of Topliss-reactive ketones (excluding diaryl/α,β-unsaturated/α-hetero) is 1. The number of benzene rings is 2. The molecule has 194 valence electrons. The lowest BCUT2D eigenvalue weighted by Crippen LogP contribution is -2.32. The molecule has 2 aromatic carbocycles. The molecule has 2 heterocycles. The molecule has 1 saturated heterocycles. The number of rotatable bonds is 7. The first-order valence-corrected chi connectivity index (χ1v) is 12.6. The summed E-state index contributed by atoms with van der Waals surface area (Å²) in [5.41, 5.74) is 3.99. The summed E-state index contributed by atoms with van der Waals surface area (Å²) < 4.78 is 1.72. The van der Waals surface area contributed by atoms with Crippen LogP contribution in [0.1, 0.15) is 55.6 Å². The van der Waals surface area contributed by atoms with Crippen molar-refractivity contribution in [1.82, 2.24) is 19.6 Å². The standard InChI is InChI=1S/C30H36N4O3/c1-20-24(19-31-34(20)23-11-8-7-9-12-23)27(35)25-26(21-13-15-22(16-14-21)30(2,3)4)33(29(37)28(25)36)18-10-17-32(5)6/h7-9,11-16,19,26,35H,10,17-18H2,1-6H3/t26-/m0/s1. The average Bonchev–Trinajstić information content (AvgIpc) is 3.36. The minimum absolute atomic E-state index is 0.0326. The van der Waals surface area contributed by atoms with E-state index in [1.807, 2.05) is 80.5 Å². The maximum atomic E-state index is 13.4. The van der Waals surface area contributed by atoms with Gasteiger partial charge in [0.1, 0.15) is 5.76 Å². The third-order valence-corrected chi connectivity index (χ3v) is 6.90. The summed E-state index contributed by atoms with van der Waals surface area (Å²) >= 11 is 0. The zero-order valence-electron chi connectivity index (χ0n) is 22.5. The summed E-state index contributed by atoms with van der Waals surface area (Å²) in [6, 6.07) is 16.9. The Hall–Kier alpha value is -3.71. The van der Waals surface area contributed by atoms with Gasteiger partial charge < -0.3 is 14.9 Å². The SMILES string of the molecule is Cc1c(C(O)=C2C(=O)C(=O)N(CCCN(C)C)[C@H]2c2ccc(C(C)(C)C)cc2)cnn1-c1ccccc1. The molecule has 0 spiro atoms. The Morgan fingerprint density at radius 2 is 1.68 bits per heavy atom. The molecule has 1 amide bonds. The average molecular weight is 501 g/mol. The van der Waals surface area contributed by atoms with Crippen LogP contribution in [0.5, 0.6) is 0 Å². The predicted molar refractivity (Wildman–Crippen MR) is 146 cm³/mol. The monoisotopic (exact) mass is 500 g/mol. The number of aromatic nitrogens is 2. The number of ketones is 1. The van der Waals surface area contributed by atoms with Crippen LogP contribution in [0, 0.1) is 6.92 Å². The number of carbonyl (C=O) groups excluding carboxylic acids is 2. The molecule has 0 bridgehead atoms. The number of para-hydroxylation sites is 1. The first-order valence-electron chi connectivity index (χ1n) is 12.6. The van der Waals surface area contributed by atoms with Crippen LogP contribution in [-0.2, 0) is 15.0 Å². The molecule has 7 heteroatoms. The van der Waals surface area contributed by atoms with Gasteiger partial charge in [0.2, 0.25) is 0 Å². The van der Waals surface area contributed by atoms with Crippen LogP contribution in [0.4, 0.5) is 0 Å². The van der Waals surface area contributed by atoms with Crippen LogP contribution in [0.15, 0.2) is 66.4 Å². The second-order valence-electron chi connectivity index (χ2n) is 10.9. The van der Waals surface area contributed by atoms with Gasteiger partial charge in [0.25, 0.3) is 11.7 Å². The number of carbonyl (C=O) groups is 2. The number of nitrogens with zero attached hydrogens (tertiary/aromatic N) is 4. The van der Waals surface area contributed by atoms with Crippen molar-refractivity contribution in [2.45, 2.75) is 45.6 Å². The largest absolute Gasteiger partial charge is 0.507 e. The van der Waals surface area contributed by atoms with E-state index >= 15 is 0 Å². The van der Waals surface area contributed by atoms with E-state index < -0.39 is 17.7 Å². The molecule has 1 aliphatic rings. The summed E-state index contributed by atoms with van der Waals surface area (Å²) in [6.45, 7) is 9.46. The second-order valence-corrected chi connectivity index (χ2v) is 10.9. The van der Waals surface area contributed by atoms with E-state index in [4.69, 9.17) is 0 Å². The third-order valence-electron chi connectivity index (χ3n) is 6.90. The van der Waals surface area contributed by atoms with Crippen molar-refractivity contribution < 1.29 is 14.7 Å². The Bertz CT molecular complexity index is 1320. The smallest absolute Gasteiger partial charge is 0.295 e. The zero-order valence-corrected chi connectivity index (χ0v) is 22.5. The van der Waals surface area contributed by atoms with Gasteiger partial charge in [-0.1, -0.05) is 63.2 Å². The highest BCUT2D eigenvalue weighted by atomic mass is 16.3. The number of aliphatic hydroxyl groups excluding tert-OH is 1. The molecule has 3 aromatic rings. The Kier molecular flexibility index (Phi) is 7.37. The predicted octanol–water partition coefficient (Wildman–Crippen LogP) is 4.85. The van der Waals surface area contributed by atoms with E-state index in [1.54, 1.807) is 15.8 Å². The lowest BCUT2D eigenvalue weighted by atomic mass is 9.85. The van der Waals surface area contributed by atoms with E-state index in [0.717, 1.165) is 23.4 Å². The summed E-state index contributed by atoms with van der Waals surface area (Å²) in [4.78, 5) is 30.3. The van der Waals surface area contributed by atoms with Crippen molar-refractivity contribution in [3.05, 3.63) is 88.8 Å². The first kappa shape index (κ1) is 26.4. The molecule has 1 N–H and O–H groups in total. The number of amides is 1. The fourth-order valence-corrected chi connectivity index (χ4v) is 4.80. The molecule has 1 fully saturated rings. The molecule has 4 rings (SSSR count). The van der Waals surface area contributed by atoms with Crippen molar-refractivity contribution in [2.24, 2.45) is 0 Å². The van der Waals surface area contributed by atoms with Gasteiger partial charge in [0, 0.05) is 6.54 Å². The maximum absolute atomic E-state index is 13.4. The molecular weight excluding hydrogens is 464 g/mol. The van der Waals surface area contributed by atoms with Crippen molar-refractivity contribution in [3.8, 4) is 5.69 Å². The Labute approximate surface area is 219 Å². The lowest BCUT2D eigenvalue weighted by molar-refractivity contribution is -0.139. The molecule has 0 aliphatic carbocycles. The normalized spacial score (nSPS) is 17.7. The van der Waals surface area contributed by atoms with Gasteiger partial charge in [-0.15, -0.1) is 0 Å². The van der Waals surface area contributed by atoms with E-state index in [0.29, 0.717) is 24.2 Å². The van der Waals surface area contributed by atoms with Crippen molar-refractivity contribution >= 4 is 17.4 Å². The summed E-state index contributed by atoms with van der Waals surface area (Å²) in [6.07, 6.45) is 2.26. The van der Waals surface area contributed by atoms with Gasteiger partial charge >= 0.3 is 0 Å². The molecule has 1 aliphatic heterocycles. The zero-order chi connectivity index (χ0) is 26.9. The highest BCUT2D eigenvalue weighted by molar-refractivity contribution is 6.46. The molecule has 0 radical (unpaired) electrons. The van der Waals surface area contributed by atoms with Crippen LogP contribution in [-0.4, -0.2) is 63.6 Å². The Morgan fingerprint density at radius 3 is 2.27 bits per heavy atom. The lowest BCUT2D eigenvalue weighted by Gasteiger charge is -2.27. The van der Waals surface area contributed by atoms with Gasteiger partial charge in [-0.3, -0.25) is 9.59 Å². The van der Waals surface area contributed by atoms with Crippen molar-refractivity contribution in [2.75, 3.05) is 27.2 Å². The highest BCUT2D eigenvalue weighted by Crippen LogP contribution is 2.40. The van der Waals surface area contributed by atoms with Crippen LogP contribution in [0.25, 0.3) is 11.4 Å². The summed E-state index contributed by atoms with van der Waals surface area (Å²) in [7, 11) is 3.95. The van der Waals surface area contributed by atoms with Gasteiger partial charge in [-0.05, 0) is 62.7 Å². The van der Waals surface area contributed by atoms with Gasteiger partial charge in [-0.25, -0.2) is 4.68 Å². The second kappa shape index (κ2) is 10.3. The molecule has 1 aromatic heterocycles. The Morgan fingerprint density at radius 1 is 1.03 bits per heavy atom. The van der Waals surface area contributed by atoms with Crippen molar-refractivity contribution in [1.29, 1.82) is 0 Å². The van der Waals surface area contributed by atoms with Gasteiger partial charge in [0.15, 0.2) is 0 Å². The quantitative estimate of drug-likeness (QED) is 0.285. The summed E-state index contributed by atoms with van der Waals surface area (Å²) in [5, 5.41) is 16.0. The number of hydrogen-bond acceptors (Lipinski definition) is 5.